The minimum atomic E-state index is 0.156. The number of nitrogens with zero attached hydrogens (tertiary/aromatic N) is 2. The minimum absolute atomic E-state index is 0.156. The van der Waals surface area contributed by atoms with Crippen molar-refractivity contribution >= 4 is 16.9 Å². The molecule has 1 fully saturated rings. The molecule has 2 atom stereocenters. The predicted octanol–water partition coefficient (Wildman–Crippen LogP) is 2.39. The van der Waals surface area contributed by atoms with Crippen molar-refractivity contribution in [3.63, 3.8) is 0 Å². The predicted molar refractivity (Wildman–Crippen MR) is 92.1 cm³/mol. The first kappa shape index (κ1) is 16.0. The van der Waals surface area contributed by atoms with E-state index in [0.29, 0.717) is 18.8 Å². The van der Waals surface area contributed by atoms with Gasteiger partial charge >= 0.3 is 0 Å². The van der Waals surface area contributed by atoms with E-state index in [1.54, 1.807) is 0 Å². The first-order valence-electron chi connectivity index (χ1n) is 8.52. The molecule has 0 aliphatic carbocycles. The molecular formula is C18H26N4O. The van der Waals surface area contributed by atoms with Gasteiger partial charge in [-0.15, -0.1) is 0 Å². The fourth-order valence-electron chi connectivity index (χ4n) is 3.39. The Morgan fingerprint density at radius 3 is 3.09 bits per heavy atom. The third-order valence-corrected chi connectivity index (χ3v) is 4.89. The number of hydrogen-bond acceptors (Lipinski definition) is 3. The number of nitrogens with one attached hydrogen (secondary N) is 1. The smallest absolute Gasteiger partial charge is 0.223 e. The van der Waals surface area contributed by atoms with Crippen molar-refractivity contribution in [1.29, 1.82) is 0 Å². The standard InChI is InChI=1S/C18H26N4O/c1-12-5-3-7-15-18(12)21-16(20-15)8-9-17(23)22-10-4-6-14(11-22)13(2)19/h3,5,7,13-14H,4,6,8-11,19H2,1-2H3,(H,20,21). The van der Waals surface area contributed by atoms with Crippen molar-refractivity contribution in [3.05, 3.63) is 29.6 Å². The number of hydrogen-bond donors (Lipinski definition) is 2. The van der Waals surface area contributed by atoms with E-state index in [1.807, 2.05) is 24.0 Å². The second-order valence-corrected chi connectivity index (χ2v) is 6.76. The number of aromatic amines is 1. The third kappa shape index (κ3) is 3.55. The van der Waals surface area contributed by atoms with Gasteiger partial charge in [0.05, 0.1) is 11.0 Å². The Balaban J connectivity index is 1.60. The zero-order valence-corrected chi connectivity index (χ0v) is 14.0. The molecule has 5 heteroatoms. The van der Waals surface area contributed by atoms with Crippen molar-refractivity contribution in [2.24, 2.45) is 11.7 Å². The van der Waals surface area contributed by atoms with E-state index in [4.69, 9.17) is 5.73 Å². The molecule has 2 heterocycles. The highest BCUT2D eigenvalue weighted by atomic mass is 16.2. The molecule has 2 aromatic rings. The number of H-pyrrole nitrogens is 1. The van der Waals surface area contributed by atoms with E-state index in [1.165, 1.54) is 0 Å². The fourth-order valence-corrected chi connectivity index (χ4v) is 3.39. The minimum Gasteiger partial charge on any atom is -0.342 e. The van der Waals surface area contributed by atoms with Gasteiger partial charge < -0.3 is 15.6 Å². The molecule has 5 nitrogen and oxygen atoms in total. The van der Waals surface area contributed by atoms with E-state index in [9.17, 15) is 4.79 Å². The summed E-state index contributed by atoms with van der Waals surface area (Å²) in [5.74, 6) is 1.54. The molecule has 1 aliphatic rings. The van der Waals surface area contributed by atoms with Crippen molar-refractivity contribution < 1.29 is 4.79 Å². The summed E-state index contributed by atoms with van der Waals surface area (Å²) in [6.07, 6.45) is 3.35. The molecule has 2 unspecified atom stereocenters. The van der Waals surface area contributed by atoms with Crippen LogP contribution in [0.3, 0.4) is 0 Å². The monoisotopic (exact) mass is 314 g/mol. The normalized spacial score (nSPS) is 20.0. The van der Waals surface area contributed by atoms with Gasteiger partial charge in [-0.2, -0.15) is 0 Å². The highest BCUT2D eigenvalue weighted by Crippen LogP contribution is 2.20. The Morgan fingerprint density at radius 1 is 1.52 bits per heavy atom. The van der Waals surface area contributed by atoms with E-state index >= 15 is 0 Å². The van der Waals surface area contributed by atoms with Gasteiger partial charge in [-0.1, -0.05) is 12.1 Å². The summed E-state index contributed by atoms with van der Waals surface area (Å²) in [4.78, 5) is 22.4. The number of amides is 1. The van der Waals surface area contributed by atoms with Crippen LogP contribution in [0.2, 0.25) is 0 Å². The molecular weight excluding hydrogens is 288 g/mol. The number of aromatic nitrogens is 2. The van der Waals surface area contributed by atoms with Crippen molar-refractivity contribution in [3.8, 4) is 0 Å². The number of fused-ring (bicyclic) bond motifs is 1. The van der Waals surface area contributed by atoms with Gasteiger partial charge in [0, 0.05) is 32.0 Å². The van der Waals surface area contributed by atoms with Crippen molar-refractivity contribution in [2.45, 2.75) is 45.6 Å². The van der Waals surface area contributed by atoms with E-state index in [0.717, 1.165) is 48.4 Å². The van der Waals surface area contributed by atoms with E-state index in [-0.39, 0.29) is 11.9 Å². The van der Waals surface area contributed by atoms with E-state index in [2.05, 4.69) is 23.0 Å². The molecule has 1 amide bonds. The maximum Gasteiger partial charge on any atom is 0.223 e. The van der Waals surface area contributed by atoms with Crippen LogP contribution in [0.25, 0.3) is 11.0 Å². The van der Waals surface area contributed by atoms with Gasteiger partial charge in [-0.05, 0) is 44.2 Å². The molecule has 124 valence electrons. The number of para-hydroxylation sites is 1. The Labute approximate surface area is 137 Å². The second kappa shape index (κ2) is 6.71. The lowest BCUT2D eigenvalue weighted by atomic mass is 9.92. The van der Waals surface area contributed by atoms with Gasteiger partial charge in [-0.3, -0.25) is 4.79 Å². The van der Waals surface area contributed by atoms with Gasteiger partial charge in [0.2, 0.25) is 5.91 Å². The Bertz CT molecular complexity index is 691. The zero-order valence-electron chi connectivity index (χ0n) is 14.0. The summed E-state index contributed by atoms with van der Waals surface area (Å²) in [5, 5.41) is 0. The van der Waals surface area contributed by atoms with Crippen LogP contribution in [0.15, 0.2) is 18.2 Å². The number of piperidine rings is 1. The van der Waals surface area contributed by atoms with Gasteiger partial charge in [0.1, 0.15) is 5.82 Å². The highest BCUT2D eigenvalue weighted by molar-refractivity contribution is 5.79. The number of nitrogens with two attached hydrogens (primary N) is 1. The summed E-state index contributed by atoms with van der Waals surface area (Å²) < 4.78 is 0. The maximum absolute atomic E-state index is 12.5. The molecule has 23 heavy (non-hydrogen) atoms. The number of likely N-dealkylation sites (tertiary alicyclic amines) is 1. The number of aryl methyl sites for hydroxylation is 2. The molecule has 0 spiro atoms. The van der Waals surface area contributed by atoms with Gasteiger partial charge in [-0.25, -0.2) is 4.98 Å². The van der Waals surface area contributed by atoms with Gasteiger partial charge in [0.25, 0.3) is 0 Å². The summed E-state index contributed by atoms with van der Waals surface area (Å²) in [7, 11) is 0. The average molecular weight is 314 g/mol. The quantitative estimate of drug-likeness (QED) is 0.910. The molecule has 3 rings (SSSR count). The number of rotatable bonds is 4. The molecule has 1 aromatic heterocycles. The van der Waals surface area contributed by atoms with Crippen LogP contribution in [0, 0.1) is 12.8 Å². The number of imidazole rings is 1. The molecule has 1 aliphatic heterocycles. The molecule has 0 bridgehead atoms. The average Bonchev–Trinajstić information content (AvgIpc) is 2.97. The number of carbonyl (C=O) groups excluding carboxylic acids is 1. The largest absolute Gasteiger partial charge is 0.342 e. The van der Waals surface area contributed by atoms with Crippen LogP contribution in [-0.4, -0.2) is 39.9 Å². The lowest BCUT2D eigenvalue weighted by molar-refractivity contribution is -0.133. The Kier molecular flexibility index (Phi) is 4.66. The van der Waals surface area contributed by atoms with Gasteiger partial charge in [0.15, 0.2) is 0 Å². The Morgan fingerprint density at radius 2 is 2.35 bits per heavy atom. The van der Waals surface area contributed by atoms with Crippen LogP contribution < -0.4 is 5.73 Å². The summed E-state index contributed by atoms with van der Waals surface area (Å²) in [6.45, 7) is 5.76. The van der Waals surface area contributed by atoms with Crippen LogP contribution in [-0.2, 0) is 11.2 Å². The topological polar surface area (TPSA) is 75.0 Å². The molecule has 1 aromatic carbocycles. The number of carbonyl (C=O) groups is 1. The maximum atomic E-state index is 12.5. The zero-order chi connectivity index (χ0) is 16.4. The third-order valence-electron chi connectivity index (χ3n) is 4.89. The van der Waals surface area contributed by atoms with Crippen molar-refractivity contribution in [2.75, 3.05) is 13.1 Å². The molecule has 0 radical (unpaired) electrons. The first-order chi connectivity index (χ1) is 11.0. The molecule has 0 saturated carbocycles. The SMILES string of the molecule is Cc1cccc2[nH]c(CCC(=O)N3CCCC(C(C)N)C3)nc12. The van der Waals surface area contributed by atoms with Crippen LogP contribution >= 0.6 is 0 Å². The highest BCUT2D eigenvalue weighted by Gasteiger charge is 2.25. The summed E-state index contributed by atoms with van der Waals surface area (Å²) in [6, 6.07) is 6.26. The summed E-state index contributed by atoms with van der Waals surface area (Å²) >= 11 is 0. The molecule has 1 saturated heterocycles. The van der Waals surface area contributed by atoms with E-state index < -0.39 is 0 Å². The second-order valence-electron chi connectivity index (χ2n) is 6.76. The van der Waals surface area contributed by atoms with Crippen LogP contribution in [0.4, 0.5) is 0 Å². The Hall–Kier alpha value is -1.88. The fraction of sp³-hybridized carbons (Fsp3) is 0.556. The number of benzene rings is 1. The van der Waals surface area contributed by atoms with Crippen LogP contribution in [0.1, 0.15) is 37.6 Å². The van der Waals surface area contributed by atoms with Crippen LogP contribution in [0.5, 0.6) is 0 Å². The summed E-state index contributed by atoms with van der Waals surface area (Å²) in [5.41, 5.74) is 9.21. The molecule has 3 N–H and O–H groups in total. The lowest BCUT2D eigenvalue weighted by Gasteiger charge is -2.34. The van der Waals surface area contributed by atoms with Crippen molar-refractivity contribution in [1.82, 2.24) is 14.9 Å². The lowest BCUT2D eigenvalue weighted by Crippen LogP contribution is -2.45. The first-order valence-corrected chi connectivity index (χ1v) is 8.52.